The fourth-order valence-corrected chi connectivity index (χ4v) is 5.55. The topological polar surface area (TPSA) is 184 Å². The standard InChI is InChI=1S/C28H31N9O3.C6H13NO/c1-19(13-31-18-30)40-25-11-20(7-8-21(25)12-29)22-14-33-28(34-15-22)35-24-16-37(23-5-3-2-4-6-23)36-27(24)39-17-26-32-9-10-38-26;1-5-3-7-4-6(2)8-5/h7-11,14-16,18-19,23H,2-6,13,17H2,1H3,(H2,30,31)(H,33,34,35);5-7H,3-4H2,1-2H3/t19-;/m0./s1. The van der Waals surface area contributed by atoms with E-state index in [1.807, 2.05) is 23.9 Å². The van der Waals surface area contributed by atoms with Gasteiger partial charge in [-0.15, -0.1) is 5.10 Å². The second kappa shape index (κ2) is 17.2. The minimum Gasteiger partial charge on any atom is -0.487 e. The third-order valence-corrected chi connectivity index (χ3v) is 7.92. The van der Waals surface area contributed by atoms with E-state index >= 15 is 0 Å². The number of hydrogen-bond donors (Lipinski definition) is 3. The van der Waals surface area contributed by atoms with Crippen molar-refractivity contribution >= 4 is 18.0 Å². The number of nitrogens with zero attached hydrogens (tertiary/aromatic N) is 7. The van der Waals surface area contributed by atoms with Gasteiger partial charge in [0, 0.05) is 31.0 Å². The predicted octanol–water partition coefficient (Wildman–Crippen LogP) is 5.17. The van der Waals surface area contributed by atoms with Crippen molar-refractivity contribution in [1.29, 1.82) is 5.26 Å². The number of morpholine rings is 1. The van der Waals surface area contributed by atoms with Gasteiger partial charge in [0.05, 0.1) is 49.1 Å². The number of ether oxygens (including phenoxy) is 3. The molecule has 0 bridgehead atoms. The van der Waals surface area contributed by atoms with Crippen LogP contribution in [-0.2, 0) is 11.3 Å². The lowest BCUT2D eigenvalue weighted by molar-refractivity contribution is -0.0166. The Morgan fingerprint density at radius 2 is 1.92 bits per heavy atom. The zero-order valence-electron chi connectivity index (χ0n) is 27.7. The molecule has 48 heavy (non-hydrogen) atoms. The molecule has 1 saturated carbocycles. The smallest absolute Gasteiger partial charge is 0.257 e. The molecule has 254 valence electrons. The molecule has 2 unspecified atom stereocenters. The Hall–Kier alpha value is -5.00. The molecule has 1 saturated heterocycles. The van der Waals surface area contributed by atoms with Gasteiger partial charge < -0.3 is 35.0 Å². The number of nitrogens with one attached hydrogen (secondary N) is 2. The van der Waals surface area contributed by atoms with Gasteiger partial charge in [-0.25, -0.2) is 15.0 Å². The average Bonchev–Trinajstić information content (AvgIpc) is 3.77. The fourth-order valence-electron chi connectivity index (χ4n) is 5.55. The number of oxazole rings is 1. The molecule has 0 spiro atoms. The molecule has 1 aromatic carbocycles. The van der Waals surface area contributed by atoms with Crippen LogP contribution >= 0.6 is 0 Å². The van der Waals surface area contributed by atoms with Crippen LogP contribution in [0.5, 0.6) is 11.6 Å². The molecule has 6 rings (SSSR count). The molecule has 4 N–H and O–H groups in total. The summed E-state index contributed by atoms with van der Waals surface area (Å²) in [7, 11) is 0. The van der Waals surface area contributed by atoms with E-state index in [1.54, 1.807) is 30.7 Å². The monoisotopic (exact) mass is 656 g/mol. The van der Waals surface area contributed by atoms with Crippen LogP contribution in [0.4, 0.5) is 11.6 Å². The van der Waals surface area contributed by atoms with Gasteiger partial charge >= 0.3 is 0 Å². The first kappa shape index (κ1) is 34.3. The van der Waals surface area contributed by atoms with E-state index in [9.17, 15) is 5.26 Å². The summed E-state index contributed by atoms with van der Waals surface area (Å²) in [5.74, 6) is 1.75. The van der Waals surface area contributed by atoms with Crippen molar-refractivity contribution in [3.63, 3.8) is 0 Å². The van der Waals surface area contributed by atoms with Crippen LogP contribution in [0, 0.1) is 11.3 Å². The van der Waals surface area contributed by atoms with Crippen LogP contribution in [0.1, 0.15) is 70.4 Å². The van der Waals surface area contributed by atoms with Gasteiger partial charge in [0.1, 0.15) is 29.9 Å². The van der Waals surface area contributed by atoms with Crippen LogP contribution in [0.3, 0.4) is 0 Å². The van der Waals surface area contributed by atoms with Crippen molar-refractivity contribution in [2.75, 3.05) is 25.0 Å². The fraction of sp³-hybridized carbons (Fsp3) is 0.471. The first-order chi connectivity index (χ1) is 23.4. The van der Waals surface area contributed by atoms with Crippen molar-refractivity contribution < 1.29 is 18.6 Å². The highest BCUT2D eigenvalue weighted by molar-refractivity contribution is 5.67. The quantitative estimate of drug-likeness (QED) is 0.142. The Morgan fingerprint density at radius 3 is 2.56 bits per heavy atom. The molecular formula is C34H44N10O4. The van der Waals surface area contributed by atoms with Crippen molar-refractivity contribution in [3.05, 3.63) is 60.7 Å². The van der Waals surface area contributed by atoms with Crippen molar-refractivity contribution in [1.82, 2.24) is 30.0 Å². The van der Waals surface area contributed by atoms with Crippen LogP contribution in [0.25, 0.3) is 11.1 Å². The van der Waals surface area contributed by atoms with Crippen molar-refractivity contribution in [2.24, 2.45) is 10.7 Å². The summed E-state index contributed by atoms with van der Waals surface area (Å²) in [6.45, 7) is 8.59. The Balaban J connectivity index is 0.000000494. The largest absolute Gasteiger partial charge is 0.487 e. The van der Waals surface area contributed by atoms with E-state index in [-0.39, 0.29) is 12.7 Å². The molecule has 3 atom stereocenters. The number of rotatable bonds is 11. The normalized spacial score (nSPS) is 18.8. The highest BCUT2D eigenvalue weighted by atomic mass is 16.5. The van der Waals surface area contributed by atoms with E-state index in [2.05, 4.69) is 50.5 Å². The molecule has 1 aliphatic heterocycles. The molecule has 3 aromatic heterocycles. The molecule has 2 aliphatic rings. The van der Waals surface area contributed by atoms with Crippen molar-refractivity contribution in [3.8, 4) is 28.8 Å². The Labute approximate surface area is 280 Å². The molecule has 14 heteroatoms. The lowest BCUT2D eigenvalue weighted by Crippen LogP contribution is -2.41. The summed E-state index contributed by atoms with van der Waals surface area (Å²) in [4.78, 5) is 17.1. The molecule has 0 amide bonds. The maximum atomic E-state index is 9.51. The molecule has 4 heterocycles. The van der Waals surface area contributed by atoms with E-state index in [0.29, 0.717) is 59.5 Å². The van der Waals surface area contributed by atoms with Gasteiger partial charge in [-0.1, -0.05) is 25.3 Å². The lowest BCUT2D eigenvalue weighted by atomic mass is 9.96. The number of hydrogen-bond acceptors (Lipinski definition) is 12. The minimum atomic E-state index is -0.250. The molecule has 2 fully saturated rings. The molecular weight excluding hydrogens is 612 g/mol. The lowest BCUT2D eigenvalue weighted by Gasteiger charge is -2.25. The van der Waals surface area contributed by atoms with Gasteiger partial charge in [-0.2, -0.15) is 5.26 Å². The minimum absolute atomic E-state index is 0.156. The zero-order valence-corrected chi connectivity index (χ0v) is 27.7. The first-order valence-corrected chi connectivity index (χ1v) is 16.4. The summed E-state index contributed by atoms with van der Waals surface area (Å²) >= 11 is 0. The van der Waals surface area contributed by atoms with Gasteiger partial charge in [0.15, 0.2) is 6.61 Å². The highest BCUT2D eigenvalue weighted by Crippen LogP contribution is 2.33. The molecule has 0 radical (unpaired) electrons. The number of anilines is 2. The average molecular weight is 657 g/mol. The van der Waals surface area contributed by atoms with Gasteiger partial charge in [-0.05, 0) is 51.3 Å². The summed E-state index contributed by atoms with van der Waals surface area (Å²) in [5, 5.41) is 20.7. The van der Waals surface area contributed by atoms with Gasteiger partial charge in [0.25, 0.3) is 5.88 Å². The van der Waals surface area contributed by atoms with E-state index in [4.69, 9.17) is 29.5 Å². The first-order valence-electron chi connectivity index (χ1n) is 16.4. The summed E-state index contributed by atoms with van der Waals surface area (Å²) < 4.78 is 24.6. The van der Waals surface area contributed by atoms with Crippen LogP contribution in [0.15, 0.2) is 58.7 Å². The number of benzene rings is 1. The maximum absolute atomic E-state index is 9.51. The molecule has 4 aromatic rings. The number of nitriles is 1. The molecule has 14 nitrogen and oxygen atoms in total. The maximum Gasteiger partial charge on any atom is 0.257 e. The van der Waals surface area contributed by atoms with Gasteiger partial charge in [-0.3, -0.25) is 9.67 Å². The number of nitrogens with two attached hydrogens (primary N) is 1. The van der Waals surface area contributed by atoms with Crippen LogP contribution in [-0.4, -0.2) is 69.0 Å². The third kappa shape index (κ3) is 9.76. The van der Waals surface area contributed by atoms with Crippen LogP contribution in [0.2, 0.25) is 0 Å². The van der Waals surface area contributed by atoms with E-state index < -0.39 is 0 Å². The zero-order chi connectivity index (χ0) is 33.7. The Kier molecular flexibility index (Phi) is 12.3. The summed E-state index contributed by atoms with van der Waals surface area (Å²) in [6, 6.07) is 7.84. The summed E-state index contributed by atoms with van der Waals surface area (Å²) in [5.41, 5.74) is 8.00. The van der Waals surface area contributed by atoms with Gasteiger partial charge in [0.2, 0.25) is 11.8 Å². The van der Waals surface area contributed by atoms with E-state index in [0.717, 1.165) is 37.1 Å². The van der Waals surface area contributed by atoms with Crippen molar-refractivity contribution in [2.45, 2.75) is 83.8 Å². The number of aromatic nitrogens is 5. The van der Waals surface area contributed by atoms with Crippen LogP contribution < -0.4 is 25.8 Å². The third-order valence-electron chi connectivity index (χ3n) is 7.92. The number of aliphatic imine (C=N–C) groups is 1. The van der Waals surface area contributed by atoms with E-state index in [1.165, 1.54) is 31.9 Å². The second-order valence-electron chi connectivity index (χ2n) is 11.9. The Bertz CT molecular complexity index is 1620. The second-order valence-corrected chi connectivity index (χ2v) is 11.9. The SMILES string of the molecule is CC1CNCC(C)O1.C[C@@H](CN=CN)Oc1cc(-c2cnc(Nc3cn(C4CCCCC4)nc3OCc3ncco3)nc2)ccc1C#N. The molecule has 1 aliphatic carbocycles. The highest BCUT2D eigenvalue weighted by Gasteiger charge is 2.21. The predicted molar refractivity (Wildman–Crippen MR) is 181 cm³/mol. The summed E-state index contributed by atoms with van der Waals surface area (Å²) in [6.07, 6.45) is 16.0. The Morgan fingerprint density at radius 1 is 1.15 bits per heavy atom.